The molecule has 2 N–H and O–H groups in total. The van der Waals surface area contributed by atoms with Crippen molar-refractivity contribution >= 4 is 40.9 Å². The van der Waals surface area contributed by atoms with E-state index >= 15 is 0 Å². The molecular weight excluding hydrogens is 486 g/mol. The Labute approximate surface area is 214 Å². The number of anilines is 1. The van der Waals surface area contributed by atoms with E-state index in [2.05, 4.69) is 27.4 Å². The van der Waals surface area contributed by atoms with Crippen molar-refractivity contribution in [3.8, 4) is 5.75 Å². The van der Waals surface area contributed by atoms with Crippen LogP contribution in [0.5, 0.6) is 5.75 Å². The molecule has 0 aliphatic heterocycles. The number of hydrogen-bond donors (Lipinski definition) is 2. The van der Waals surface area contributed by atoms with Crippen LogP contribution in [0.2, 0.25) is 5.02 Å². The van der Waals surface area contributed by atoms with E-state index in [4.69, 9.17) is 16.3 Å². The van der Waals surface area contributed by atoms with Crippen molar-refractivity contribution in [1.29, 1.82) is 0 Å². The van der Waals surface area contributed by atoms with Gasteiger partial charge in [-0.25, -0.2) is 0 Å². The molecule has 10 heteroatoms. The van der Waals surface area contributed by atoms with Crippen LogP contribution in [0.1, 0.15) is 29.9 Å². The summed E-state index contributed by atoms with van der Waals surface area (Å²) < 4.78 is 6.99. The Hall–Kier alpha value is -3.30. The molecule has 0 aliphatic rings. The molecule has 0 bridgehead atoms. The molecule has 184 valence electrons. The normalized spacial score (nSPS) is 11.5. The predicted molar refractivity (Wildman–Crippen MR) is 139 cm³/mol. The number of thioether (sulfide) groups is 1. The number of allylic oxidation sites excluding steroid dienone is 1. The van der Waals surface area contributed by atoms with E-state index in [1.807, 2.05) is 42.7 Å². The summed E-state index contributed by atoms with van der Waals surface area (Å²) in [4.78, 5) is 25.1. The zero-order valence-electron chi connectivity index (χ0n) is 19.9. The first-order chi connectivity index (χ1) is 16.8. The Morgan fingerprint density at radius 3 is 2.60 bits per heavy atom. The van der Waals surface area contributed by atoms with Crippen molar-refractivity contribution in [2.75, 3.05) is 18.2 Å². The number of rotatable bonds is 11. The Morgan fingerprint density at radius 1 is 1.20 bits per heavy atom. The second kappa shape index (κ2) is 12.4. The quantitative estimate of drug-likeness (QED) is 0.287. The van der Waals surface area contributed by atoms with Crippen LogP contribution in [0.3, 0.4) is 0 Å². The number of ether oxygens (including phenoxy) is 1. The Bertz CT molecular complexity index is 1200. The molecule has 1 heterocycles. The first-order valence-electron chi connectivity index (χ1n) is 11.0. The number of methoxy groups -OCH3 is 1. The molecule has 3 aromatic rings. The van der Waals surface area contributed by atoms with E-state index in [-0.39, 0.29) is 30.0 Å². The van der Waals surface area contributed by atoms with Crippen LogP contribution in [0, 0.1) is 6.92 Å². The third-order valence-corrected chi connectivity index (χ3v) is 6.34. The molecule has 0 saturated carbocycles. The van der Waals surface area contributed by atoms with Gasteiger partial charge in [-0.05, 0) is 55.3 Å². The molecule has 0 radical (unpaired) electrons. The number of nitrogens with zero attached hydrogens (tertiary/aromatic N) is 3. The fourth-order valence-corrected chi connectivity index (χ4v) is 4.38. The van der Waals surface area contributed by atoms with Crippen LogP contribution in [0.4, 0.5) is 5.69 Å². The molecule has 0 unspecified atom stereocenters. The molecule has 0 aliphatic carbocycles. The molecule has 35 heavy (non-hydrogen) atoms. The minimum Gasteiger partial charge on any atom is -0.497 e. The predicted octanol–water partition coefficient (Wildman–Crippen LogP) is 4.59. The summed E-state index contributed by atoms with van der Waals surface area (Å²) in [6, 6.07) is 12.3. The molecule has 1 aromatic heterocycles. The maximum Gasteiger partial charge on any atom is 0.234 e. The van der Waals surface area contributed by atoms with Crippen LogP contribution in [0.15, 0.2) is 60.3 Å². The van der Waals surface area contributed by atoms with Gasteiger partial charge in [0.05, 0.1) is 25.3 Å². The van der Waals surface area contributed by atoms with Crippen molar-refractivity contribution in [2.45, 2.75) is 38.0 Å². The molecule has 3 rings (SSSR count). The second-order valence-corrected chi connectivity index (χ2v) is 9.23. The van der Waals surface area contributed by atoms with E-state index in [0.717, 1.165) is 16.9 Å². The number of aryl methyl sites for hydroxylation is 1. The lowest BCUT2D eigenvalue weighted by molar-refractivity contribution is -0.121. The average molecular weight is 514 g/mol. The van der Waals surface area contributed by atoms with E-state index in [1.54, 1.807) is 31.4 Å². The highest BCUT2D eigenvalue weighted by molar-refractivity contribution is 7.99. The largest absolute Gasteiger partial charge is 0.497 e. The van der Waals surface area contributed by atoms with Crippen molar-refractivity contribution < 1.29 is 14.3 Å². The number of benzene rings is 2. The highest BCUT2D eigenvalue weighted by Gasteiger charge is 2.20. The van der Waals surface area contributed by atoms with Gasteiger partial charge in [0.15, 0.2) is 11.0 Å². The Balaban J connectivity index is 1.61. The minimum absolute atomic E-state index is 0.136. The summed E-state index contributed by atoms with van der Waals surface area (Å²) in [7, 11) is 1.60. The average Bonchev–Trinajstić information content (AvgIpc) is 3.23. The van der Waals surface area contributed by atoms with Gasteiger partial charge in [-0.15, -0.1) is 16.8 Å². The van der Waals surface area contributed by atoms with E-state index in [9.17, 15) is 9.59 Å². The van der Waals surface area contributed by atoms with Gasteiger partial charge >= 0.3 is 0 Å². The maximum atomic E-state index is 12.6. The van der Waals surface area contributed by atoms with Crippen LogP contribution < -0.4 is 15.4 Å². The zero-order valence-corrected chi connectivity index (χ0v) is 21.4. The number of carbonyl (C=O) groups excluding carboxylic acids is 2. The summed E-state index contributed by atoms with van der Waals surface area (Å²) in [6.45, 7) is 7.98. The maximum absolute atomic E-state index is 12.6. The molecule has 8 nitrogen and oxygen atoms in total. The molecule has 2 aromatic carbocycles. The number of halogens is 1. The third kappa shape index (κ3) is 7.34. The highest BCUT2D eigenvalue weighted by Crippen LogP contribution is 2.23. The summed E-state index contributed by atoms with van der Waals surface area (Å²) in [6.07, 6.45) is 1.95. The highest BCUT2D eigenvalue weighted by atomic mass is 35.5. The zero-order chi connectivity index (χ0) is 25.4. The lowest BCUT2D eigenvalue weighted by Crippen LogP contribution is -2.30. The number of aromatic nitrogens is 3. The van der Waals surface area contributed by atoms with Gasteiger partial charge in [-0.1, -0.05) is 41.6 Å². The minimum atomic E-state index is -0.381. The summed E-state index contributed by atoms with van der Waals surface area (Å²) in [5, 5.41) is 15.5. The number of amides is 2. The van der Waals surface area contributed by atoms with E-state index < -0.39 is 0 Å². The van der Waals surface area contributed by atoms with Gasteiger partial charge in [0, 0.05) is 17.3 Å². The van der Waals surface area contributed by atoms with Gasteiger partial charge in [0.2, 0.25) is 11.8 Å². The Kier molecular flexibility index (Phi) is 9.33. The fraction of sp³-hybridized carbons (Fsp3) is 0.280. The summed E-state index contributed by atoms with van der Waals surface area (Å²) in [5.41, 5.74) is 2.47. The van der Waals surface area contributed by atoms with Gasteiger partial charge in [0.1, 0.15) is 5.75 Å². The number of hydrogen-bond acceptors (Lipinski definition) is 6. The van der Waals surface area contributed by atoms with Crippen molar-refractivity contribution in [1.82, 2.24) is 20.1 Å². The van der Waals surface area contributed by atoms with Crippen molar-refractivity contribution in [3.63, 3.8) is 0 Å². The first kappa shape index (κ1) is 26.3. The summed E-state index contributed by atoms with van der Waals surface area (Å²) >= 11 is 7.24. The van der Waals surface area contributed by atoms with Crippen LogP contribution in [0.25, 0.3) is 0 Å². The molecule has 1 atom stereocenters. The number of nitrogens with one attached hydrogen (secondary N) is 2. The van der Waals surface area contributed by atoms with Gasteiger partial charge in [0.25, 0.3) is 0 Å². The molecule has 0 spiro atoms. The second-order valence-electron chi connectivity index (χ2n) is 7.85. The molecule has 2 amide bonds. The standard InChI is InChI=1S/C25H28ClN5O3S/c1-5-12-31-24(17(3)27-22(32)14-18-6-9-20(34-4)10-7-18)29-30-25(31)35-15-23(33)28-21-11-8-19(26)13-16(21)2/h5-11,13,17H,1,12,14-15H2,2-4H3,(H,27,32)(H,28,33)/t17-/m1/s1. The van der Waals surface area contributed by atoms with E-state index in [0.29, 0.717) is 28.2 Å². The van der Waals surface area contributed by atoms with Crippen LogP contribution >= 0.6 is 23.4 Å². The molecule has 0 saturated heterocycles. The topological polar surface area (TPSA) is 98.1 Å². The molecule has 0 fully saturated rings. The van der Waals surface area contributed by atoms with Gasteiger partial charge in [-0.3, -0.25) is 9.59 Å². The lowest BCUT2D eigenvalue weighted by Gasteiger charge is -2.15. The lowest BCUT2D eigenvalue weighted by atomic mass is 10.1. The fourth-order valence-electron chi connectivity index (χ4n) is 3.40. The molecular formula is C25H28ClN5O3S. The van der Waals surface area contributed by atoms with Crippen LogP contribution in [-0.4, -0.2) is 39.4 Å². The Morgan fingerprint density at radius 2 is 1.94 bits per heavy atom. The summed E-state index contributed by atoms with van der Waals surface area (Å²) in [5.74, 6) is 1.17. The monoisotopic (exact) mass is 513 g/mol. The third-order valence-electron chi connectivity index (χ3n) is 5.14. The van der Waals surface area contributed by atoms with E-state index in [1.165, 1.54) is 11.8 Å². The van der Waals surface area contributed by atoms with Crippen molar-refractivity contribution in [3.05, 3.63) is 77.1 Å². The van der Waals surface area contributed by atoms with Gasteiger partial charge in [-0.2, -0.15) is 0 Å². The first-order valence-corrected chi connectivity index (χ1v) is 12.3. The number of carbonyl (C=O) groups is 2. The van der Waals surface area contributed by atoms with Gasteiger partial charge < -0.3 is 19.9 Å². The smallest absolute Gasteiger partial charge is 0.234 e. The van der Waals surface area contributed by atoms with Crippen molar-refractivity contribution in [2.24, 2.45) is 0 Å². The SMILES string of the molecule is C=CCn1c(SCC(=O)Nc2ccc(Cl)cc2C)nnc1[C@@H](C)NC(=O)Cc1ccc(OC)cc1. The van der Waals surface area contributed by atoms with Crippen LogP contribution in [-0.2, 0) is 22.6 Å².